The summed E-state index contributed by atoms with van der Waals surface area (Å²) in [5.74, 6) is 1.92. The fraction of sp³-hybridized carbons (Fsp3) is 0.417. The average molecular weight is 411 g/mol. The highest BCUT2D eigenvalue weighted by Crippen LogP contribution is 2.27. The minimum Gasteiger partial charge on any atom is -0.494 e. The zero-order chi connectivity index (χ0) is 21.5. The number of nitrogens with zero attached hydrogens (tertiary/aromatic N) is 1. The second kappa shape index (κ2) is 10.1. The van der Waals surface area contributed by atoms with Gasteiger partial charge in [-0.15, -0.1) is 0 Å². The van der Waals surface area contributed by atoms with Crippen molar-refractivity contribution in [3.8, 4) is 11.5 Å². The summed E-state index contributed by atoms with van der Waals surface area (Å²) in [7, 11) is 1.35. The molecule has 0 aromatic heterocycles. The van der Waals surface area contributed by atoms with Gasteiger partial charge in [-0.05, 0) is 60.9 Å². The molecule has 2 aromatic rings. The van der Waals surface area contributed by atoms with Crippen LogP contribution in [0, 0.1) is 11.8 Å². The molecule has 0 radical (unpaired) electrons. The predicted molar refractivity (Wildman–Crippen MR) is 115 cm³/mol. The van der Waals surface area contributed by atoms with Crippen LogP contribution in [0.4, 0.5) is 5.69 Å². The van der Waals surface area contributed by atoms with Crippen LogP contribution in [0.25, 0.3) is 0 Å². The van der Waals surface area contributed by atoms with E-state index in [0.29, 0.717) is 43.4 Å². The normalized spacial score (nSPS) is 16.1. The molecule has 3 rings (SSSR count). The quantitative estimate of drug-likeness (QED) is 0.575. The standard InChI is InChI=1S/C24H29NO5/c1-17(2)12-13-29-21-10-6-20(7-11-21)25-15-18(14-23(25)26)16-30-22-8-4-19(5-9-22)24(27)28-3/h4-11,17-18H,12-16H2,1-3H3. The van der Waals surface area contributed by atoms with E-state index in [1.165, 1.54) is 7.11 Å². The molecule has 6 nitrogen and oxygen atoms in total. The monoisotopic (exact) mass is 411 g/mol. The number of rotatable bonds is 9. The fourth-order valence-electron chi connectivity index (χ4n) is 3.30. The van der Waals surface area contributed by atoms with E-state index in [2.05, 4.69) is 18.6 Å². The van der Waals surface area contributed by atoms with E-state index in [1.807, 2.05) is 24.3 Å². The zero-order valence-electron chi connectivity index (χ0n) is 17.8. The Labute approximate surface area is 177 Å². The van der Waals surface area contributed by atoms with E-state index in [1.54, 1.807) is 29.2 Å². The molecule has 1 heterocycles. The average Bonchev–Trinajstić information content (AvgIpc) is 3.13. The molecular weight excluding hydrogens is 382 g/mol. The van der Waals surface area contributed by atoms with Crippen LogP contribution >= 0.6 is 0 Å². The van der Waals surface area contributed by atoms with Crippen molar-refractivity contribution in [1.29, 1.82) is 0 Å². The SMILES string of the molecule is COC(=O)c1ccc(OCC2CC(=O)N(c3ccc(OCCC(C)C)cc3)C2)cc1. The van der Waals surface area contributed by atoms with Gasteiger partial charge in [0.2, 0.25) is 5.91 Å². The number of methoxy groups -OCH3 is 1. The third kappa shape index (κ3) is 5.75. The lowest BCUT2D eigenvalue weighted by molar-refractivity contribution is -0.117. The molecule has 0 bridgehead atoms. The lowest BCUT2D eigenvalue weighted by Gasteiger charge is -2.18. The number of benzene rings is 2. The molecule has 0 aliphatic carbocycles. The number of hydrogen-bond acceptors (Lipinski definition) is 5. The van der Waals surface area contributed by atoms with Gasteiger partial charge in [-0.25, -0.2) is 4.79 Å². The van der Waals surface area contributed by atoms with Gasteiger partial charge in [-0.1, -0.05) is 13.8 Å². The second-order valence-electron chi connectivity index (χ2n) is 7.93. The summed E-state index contributed by atoms with van der Waals surface area (Å²) >= 11 is 0. The molecule has 1 unspecified atom stereocenters. The van der Waals surface area contributed by atoms with E-state index in [4.69, 9.17) is 9.47 Å². The molecule has 30 heavy (non-hydrogen) atoms. The van der Waals surface area contributed by atoms with Crippen LogP contribution in [0.2, 0.25) is 0 Å². The first-order chi connectivity index (χ1) is 14.5. The van der Waals surface area contributed by atoms with E-state index in [9.17, 15) is 9.59 Å². The molecule has 0 N–H and O–H groups in total. The van der Waals surface area contributed by atoms with Crippen molar-refractivity contribution in [2.45, 2.75) is 26.7 Å². The van der Waals surface area contributed by atoms with E-state index < -0.39 is 0 Å². The van der Waals surface area contributed by atoms with Crippen molar-refractivity contribution in [2.75, 3.05) is 31.8 Å². The molecule has 160 valence electrons. The minimum atomic E-state index is -0.380. The van der Waals surface area contributed by atoms with Crippen LogP contribution in [0.1, 0.15) is 37.0 Å². The maximum atomic E-state index is 12.5. The highest BCUT2D eigenvalue weighted by molar-refractivity contribution is 5.95. The lowest BCUT2D eigenvalue weighted by atomic mass is 10.1. The first kappa shape index (κ1) is 21.7. The van der Waals surface area contributed by atoms with Gasteiger partial charge in [-0.3, -0.25) is 4.79 Å². The summed E-state index contributed by atoms with van der Waals surface area (Å²) in [5.41, 5.74) is 1.35. The van der Waals surface area contributed by atoms with Gasteiger partial charge in [0.1, 0.15) is 11.5 Å². The summed E-state index contributed by atoms with van der Waals surface area (Å²) in [5, 5.41) is 0. The maximum Gasteiger partial charge on any atom is 0.337 e. The van der Waals surface area contributed by atoms with Gasteiger partial charge in [0, 0.05) is 24.6 Å². The van der Waals surface area contributed by atoms with Gasteiger partial charge >= 0.3 is 5.97 Å². The highest BCUT2D eigenvalue weighted by Gasteiger charge is 2.31. The van der Waals surface area contributed by atoms with Crippen LogP contribution in [0.3, 0.4) is 0 Å². The first-order valence-corrected chi connectivity index (χ1v) is 10.3. The predicted octanol–water partition coefficient (Wildman–Crippen LogP) is 4.33. The topological polar surface area (TPSA) is 65.1 Å². The molecule has 2 aromatic carbocycles. The van der Waals surface area contributed by atoms with Crippen molar-refractivity contribution >= 4 is 17.6 Å². The number of carbonyl (C=O) groups excluding carboxylic acids is 2. The summed E-state index contributed by atoms with van der Waals surface area (Å²) in [6, 6.07) is 14.5. The van der Waals surface area contributed by atoms with Crippen LogP contribution in [-0.4, -0.2) is 38.7 Å². The molecule has 1 amide bonds. The van der Waals surface area contributed by atoms with Crippen molar-refractivity contribution in [3.05, 3.63) is 54.1 Å². The number of hydrogen-bond donors (Lipinski definition) is 0. The summed E-state index contributed by atoms with van der Waals surface area (Å²) in [6.07, 6.45) is 1.46. The van der Waals surface area contributed by atoms with Crippen molar-refractivity contribution < 1.29 is 23.8 Å². The Morgan fingerprint density at radius 3 is 2.30 bits per heavy atom. The second-order valence-corrected chi connectivity index (χ2v) is 7.93. The molecule has 1 saturated heterocycles. The van der Waals surface area contributed by atoms with E-state index >= 15 is 0 Å². The van der Waals surface area contributed by atoms with E-state index in [-0.39, 0.29) is 17.8 Å². The molecule has 0 saturated carbocycles. The van der Waals surface area contributed by atoms with Crippen LogP contribution in [0.15, 0.2) is 48.5 Å². The molecule has 6 heteroatoms. The Morgan fingerprint density at radius 2 is 1.67 bits per heavy atom. The number of anilines is 1. The van der Waals surface area contributed by atoms with Crippen molar-refractivity contribution in [3.63, 3.8) is 0 Å². The number of esters is 1. The highest BCUT2D eigenvalue weighted by atomic mass is 16.5. The Hall–Kier alpha value is -3.02. The van der Waals surface area contributed by atoms with Crippen molar-refractivity contribution in [2.24, 2.45) is 11.8 Å². The molecular formula is C24H29NO5. The van der Waals surface area contributed by atoms with Gasteiger partial charge < -0.3 is 19.1 Å². The fourth-order valence-corrected chi connectivity index (χ4v) is 3.30. The summed E-state index contributed by atoms with van der Waals surface area (Å²) in [6.45, 7) is 6.09. The van der Waals surface area contributed by atoms with Crippen molar-refractivity contribution in [1.82, 2.24) is 0 Å². The van der Waals surface area contributed by atoms with Gasteiger partial charge in [0.15, 0.2) is 0 Å². The molecule has 1 fully saturated rings. The van der Waals surface area contributed by atoms with Crippen LogP contribution in [-0.2, 0) is 9.53 Å². The molecule has 0 spiro atoms. The van der Waals surface area contributed by atoms with Gasteiger partial charge in [-0.2, -0.15) is 0 Å². The molecule has 1 aliphatic heterocycles. The Balaban J connectivity index is 1.50. The molecule has 1 atom stereocenters. The van der Waals surface area contributed by atoms with Crippen LogP contribution < -0.4 is 14.4 Å². The Kier molecular flexibility index (Phi) is 7.33. The molecule has 1 aliphatic rings. The van der Waals surface area contributed by atoms with E-state index in [0.717, 1.165) is 17.9 Å². The third-order valence-corrected chi connectivity index (χ3v) is 5.08. The number of carbonyl (C=O) groups is 2. The number of ether oxygens (including phenoxy) is 3. The number of amides is 1. The summed E-state index contributed by atoms with van der Waals surface area (Å²) < 4.78 is 16.3. The summed E-state index contributed by atoms with van der Waals surface area (Å²) in [4.78, 5) is 25.8. The largest absolute Gasteiger partial charge is 0.494 e. The first-order valence-electron chi connectivity index (χ1n) is 10.3. The third-order valence-electron chi connectivity index (χ3n) is 5.08. The lowest BCUT2D eigenvalue weighted by Crippen LogP contribution is -2.25. The van der Waals surface area contributed by atoms with Crippen LogP contribution in [0.5, 0.6) is 11.5 Å². The smallest absolute Gasteiger partial charge is 0.337 e. The minimum absolute atomic E-state index is 0.0955. The Morgan fingerprint density at radius 1 is 1.03 bits per heavy atom. The van der Waals surface area contributed by atoms with Gasteiger partial charge in [0.25, 0.3) is 0 Å². The van der Waals surface area contributed by atoms with Gasteiger partial charge in [0.05, 0.1) is 25.9 Å². The zero-order valence-corrected chi connectivity index (χ0v) is 17.8. The maximum absolute atomic E-state index is 12.5. The Bertz CT molecular complexity index is 845.